The zero-order valence-electron chi connectivity index (χ0n) is 22.5. The Morgan fingerprint density at radius 2 is 1.85 bits per heavy atom. The molecule has 8 nitrogen and oxygen atoms in total. The van der Waals surface area contributed by atoms with Crippen LogP contribution in [-0.4, -0.2) is 48.6 Å². The van der Waals surface area contributed by atoms with Gasteiger partial charge in [-0.3, -0.25) is 4.79 Å². The van der Waals surface area contributed by atoms with E-state index in [1.165, 1.54) is 13.5 Å². The fourth-order valence-corrected chi connectivity index (χ4v) is 5.16. The van der Waals surface area contributed by atoms with Crippen LogP contribution < -0.4 is 9.64 Å². The van der Waals surface area contributed by atoms with E-state index in [1.54, 1.807) is 10.8 Å². The van der Waals surface area contributed by atoms with Gasteiger partial charge in [-0.25, -0.2) is 4.79 Å². The molecule has 2 aromatic heterocycles. The summed E-state index contributed by atoms with van der Waals surface area (Å²) >= 11 is 0. The number of methoxy groups -OCH3 is 1. The van der Waals surface area contributed by atoms with Gasteiger partial charge in [0.15, 0.2) is 11.4 Å². The van der Waals surface area contributed by atoms with Gasteiger partial charge in [0.2, 0.25) is 0 Å². The Morgan fingerprint density at radius 3 is 2.59 bits per heavy atom. The van der Waals surface area contributed by atoms with Gasteiger partial charge in [0.1, 0.15) is 23.9 Å². The number of fused-ring (bicyclic) bond motifs is 1. The van der Waals surface area contributed by atoms with Gasteiger partial charge in [-0.1, -0.05) is 43.5 Å². The highest BCUT2D eigenvalue weighted by Gasteiger charge is 2.26. The van der Waals surface area contributed by atoms with Crippen molar-refractivity contribution in [1.82, 2.24) is 9.55 Å². The summed E-state index contributed by atoms with van der Waals surface area (Å²) in [5.74, 6) is 0.666. The number of rotatable bonds is 11. The summed E-state index contributed by atoms with van der Waals surface area (Å²) in [6.45, 7) is 1.06. The van der Waals surface area contributed by atoms with Crippen LogP contribution in [0.1, 0.15) is 54.1 Å². The first-order chi connectivity index (χ1) is 19.0. The van der Waals surface area contributed by atoms with Crippen LogP contribution >= 0.6 is 0 Å². The second-order valence-corrected chi connectivity index (χ2v) is 10.2. The zero-order chi connectivity index (χ0) is 27.2. The summed E-state index contributed by atoms with van der Waals surface area (Å²) in [6.07, 6.45) is 9.37. The number of carbonyl (C=O) groups excluding carboxylic acids is 2. The molecule has 0 unspecified atom stereocenters. The minimum Gasteiger partial charge on any atom is -0.492 e. The fourth-order valence-electron chi connectivity index (χ4n) is 5.16. The first kappa shape index (κ1) is 26.5. The molecular formula is C31H35N3O5. The van der Waals surface area contributed by atoms with Gasteiger partial charge in [-0.15, -0.1) is 0 Å². The van der Waals surface area contributed by atoms with Crippen molar-refractivity contribution in [2.45, 2.75) is 44.6 Å². The third kappa shape index (κ3) is 6.33. The van der Waals surface area contributed by atoms with Crippen molar-refractivity contribution in [1.29, 1.82) is 0 Å². The van der Waals surface area contributed by atoms with Gasteiger partial charge in [-0.2, -0.15) is 4.98 Å². The van der Waals surface area contributed by atoms with E-state index in [9.17, 15) is 9.59 Å². The van der Waals surface area contributed by atoms with Crippen LogP contribution in [0.5, 0.6) is 5.75 Å². The Morgan fingerprint density at radius 1 is 1.08 bits per heavy atom. The van der Waals surface area contributed by atoms with Crippen molar-refractivity contribution >= 4 is 28.9 Å². The number of nitrogens with zero attached hydrogens (tertiary/aromatic N) is 3. The lowest BCUT2D eigenvalue weighted by Gasteiger charge is -2.20. The smallest absolute Gasteiger partial charge is 0.329 e. The second kappa shape index (κ2) is 12.2. The summed E-state index contributed by atoms with van der Waals surface area (Å²) in [7, 11) is 3.31. The molecule has 39 heavy (non-hydrogen) atoms. The van der Waals surface area contributed by atoms with Crippen LogP contribution in [0.15, 0.2) is 71.4 Å². The van der Waals surface area contributed by atoms with Crippen LogP contribution in [0.25, 0.3) is 11.1 Å². The molecule has 1 aliphatic carbocycles. The van der Waals surface area contributed by atoms with Crippen LogP contribution in [0, 0.1) is 5.92 Å². The Kier molecular flexibility index (Phi) is 8.30. The maximum atomic E-state index is 13.0. The van der Waals surface area contributed by atoms with Crippen molar-refractivity contribution in [3.8, 4) is 5.75 Å². The number of esters is 1. The predicted molar refractivity (Wildman–Crippen MR) is 149 cm³/mol. The average Bonchev–Trinajstić information content (AvgIpc) is 3.64. The predicted octanol–water partition coefficient (Wildman–Crippen LogP) is 5.86. The summed E-state index contributed by atoms with van der Waals surface area (Å²) in [4.78, 5) is 32.1. The molecule has 1 atom stereocenters. The van der Waals surface area contributed by atoms with E-state index in [4.69, 9.17) is 13.9 Å². The number of anilines is 1. The molecule has 0 bridgehead atoms. The van der Waals surface area contributed by atoms with Crippen molar-refractivity contribution in [3.05, 3.63) is 78.1 Å². The topological polar surface area (TPSA) is 86.8 Å². The van der Waals surface area contributed by atoms with Gasteiger partial charge in [0.25, 0.3) is 6.01 Å². The zero-order valence-corrected chi connectivity index (χ0v) is 22.5. The molecule has 4 aromatic rings. The van der Waals surface area contributed by atoms with Crippen LogP contribution in [0.3, 0.4) is 0 Å². The highest BCUT2D eigenvalue weighted by molar-refractivity contribution is 5.97. The molecule has 0 aliphatic heterocycles. The average molecular weight is 530 g/mol. The summed E-state index contributed by atoms with van der Waals surface area (Å²) in [6, 6.07) is 17.2. The molecule has 8 heteroatoms. The molecule has 0 N–H and O–H groups in total. The van der Waals surface area contributed by atoms with Crippen molar-refractivity contribution < 1.29 is 23.5 Å². The molecule has 0 amide bonds. The lowest BCUT2D eigenvalue weighted by Crippen LogP contribution is -2.24. The molecule has 1 fully saturated rings. The Hall–Kier alpha value is -4.07. The molecule has 204 valence electrons. The second-order valence-electron chi connectivity index (χ2n) is 10.2. The van der Waals surface area contributed by atoms with E-state index in [2.05, 4.69) is 4.98 Å². The normalized spacial score (nSPS) is 14.7. The lowest BCUT2D eigenvalue weighted by molar-refractivity contribution is -0.144. The van der Waals surface area contributed by atoms with Crippen LogP contribution in [-0.2, 0) is 16.0 Å². The minimum atomic E-state index is -0.556. The number of benzene rings is 2. The van der Waals surface area contributed by atoms with Crippen LogP contribution in [0.2, 0.25) is 0 Å². The van der Waals surface area contributed by atoms with Gasteiger partial charge >= 0.3 is 5.97 Å². The number of likely N-dealkylation sites (N-methyl/N-ethyl adjacent to an activating group) is 1. The molecule has 1 saturated carbocycles. The van der Waals surface area contributed by atoms with E-state index in [0.29, 0.717) is 31.2 Å². The molecular weight excluding hydrogens is 494 g/mol. The number of aromatic nitrogens is 2. The maximum absolute atomic E-state index is 13.0. The van der Waals surface area contributed by atoms with E-state index in [-0.39, 0.29) is 17.7 Å². The van der Waals surface area contributed by atoms with E-state index >= 15 is 0 Å². The maximum Gasteiger partial charge on any atom is 0.329 e. The summed E-state index contributed by atoms with van der Waals surface area (Å²) in [5, 5.41) is 0. The first-order valence-electron chi connectivity index (χ1n) is 13.6. The number of oxazole rings is 1. The molecule has 5 rings (SSSR count). The monoisotopic (exact) mass is 529 g/mol. The number of carbonyl (C=O) groups is 2. The van der Waals surface area contributed by atoms with E-state index in [0.717, 1.165) is 48.1 Å². The highest BCUT2D eigenvalue weighted by atomic mass is 16.5. The molecule has 0 radical (unpaired) electrons. The third-order valence-corrected chi connectivity index (χ3v) is 7.46. The molecule has 0 spiro atoms. The van der Waals surface area contributed by atoms with E-state index in [1.807, 2.05) is 72.7 Å². The molecule has 0 saturated heterocycles. The Bertz CT molecular complexity index is 1370. The SMILES string of the molecule is COC(=O)[C@H](Cc1ccc(OCCN(C)c2nc3ccccc3o2)cc1)n1ccc(C(=O)C2CCCCC2)c1. The van der Waals surface area contributed by atoms with Gasteiger partial charge in [0, 0.05) is 37.3 Å². The standard InChI is InChI=1S/C31H35N3O5/c1-33(31-32-26-10-6-7-11-28(26)39-31)18-19-38-25-14-12-22(13-15-25)20-27(30(36)37-2)34-17-16-24(21-34)29(35)23-8-4-3-5-9-23/h6-7,10-17,21,23,27H,3-5,8-9,18-20H2,1-2H3/t27-/m0/s1. The number of ether oxygens (including phenoxy) is 2. The number of hydrogen-bond donors (Lipinski definition) is 0. The van der Waals surface area contributed by atoms with Gasteiger partial charge in [-0.05, 0) is 48.7 Å². The third-order valence-electron chi connectivity index (χ3n) is 7.46. The molecule has 1 aliphatic rings. The summed E-state index contributed by atoms with van der Waals surface area (Å²) < 4.78 is 18.6. The number of Topliss-reactive ketones (excluding diaryl/α,β-unsaturated/α-hetero) is 1. The quantitative estimate of drug-likeness (QED) is 0.178. The largest absolute Gasteiger partial charge is 0.492 e. The van der Waals surface area contributed by atoms with Crippen molar-refractivity contribution in [2.75, 3.05) is 32.2 Å². The molecule has 2 heterocycles. The Labute approximate surface area is 228 Å². The number of para-hydroxylation sites is 2. The fraction of sp³-hybridized carbons (Fsp3) is 0.387. The van der Waals surface area contributed by atoms with Gasteiger partial charge in [0.05, 0.1) is 13.7 Å². The summed E-state index contributed by atoms with van der Waals surface area (Å²) in [5.41, 5.74) is 3.22. The minimum absolute atomic E-state index is 0.0912. The van der Waals surface area contributed by atoms with Crippen molar-refractivity contribution in [2.24, 2.45) is 5.92 Å². The van der Waals surface area contributed by atoms with Gasteiger partial charge < -0.3 is 23.4 Å². The highest BCUT2D eigenvalue weighted by Crippen LogP contribution is 2.28. The number of hydrogen-bond acceptors (Lipinski definition) is 7. The molecule has 2 aromatic carbocycles. The first-order valence-corrected chi connectivity index (χ1v) is 13.6. The Balaban J connectivity index is 1.17. The lowest BCUT2D eigenvalue weighted by atomic mass is 9.84. The van der Waals surface area contributed by atoms with E-state index < -0.39 is 6.04 Å². The van der Waals surface area contributed by atoms with Crippen LogP contribution in [0.4, 0.5) is 6.01 Å². The van der Waals surface area contributed by atoms with Crippen molar-refractivity contribution in [3.63, 3.8) is 0 Å². The number of ketones is 1.